The fourth-order valence-corrected chi connectivity index (χ4v) is 4.59. The van der Waals surface area contributed by atoms with Crippen LogP contribution in [0, 0.1) is 0 Å². The second-order valence-electron chi connectivity index (χ2n) is 12.3. The fraction of sp³-hybridized carbons (Fsp3) is 0.556. The Labute approximate surface area is 306 Å². The average Bonchev–Trinajstić information content (AvgIpc) is 3.12. The van der Waals surface area contributed by atoms with Gasteiger partial charge in [0, 0.05) is 12.8 Å². The molecule has 0 aliphatic rings. The summed E-state index contributed by atoms with van der Waals surface area (Å²) in [4.78, 5) is 23.9. The smallest absolute Gasteiger partial charge is 0.306 e. The number of hydrogen-bond acceptors (Lipinski definition) is 5. The lowest BCUT2D eigenvalue weighted by molar-refractivity contribution is -0.152. The van der Waals surface area contributed by atoms with Gasteiger partial charge in [0.15, 0.2) is 0 Å². The topological polar surface area (TPSA) is 72.8 Å². The number of carbonyl (C=O) groups is 2. The first kappa shape index (κ1) is 46.6. The van der Waals surface area contributed by atoms with Crippen LogP contribution in [0.2, 0.25) is 0 Å². The summed E-state index contributed by atoms with van der Waals surface area (Å²) in [7, 11) is 0. The Hall–Kier alpha value is -3.44. The first-order chi connectivity index (χ1) is 24.6. The minimum absolute atomic E-state index is 0.159. The Morgan fingerprint density at radius 2 is 0.800 bits per heavy atom. The first-order valence-electron chi connectivity index (χ1n) is 19.4. The van der Waals surface area contributed by atoms with Gasteiger partial charge < -0.3 is 14.6 Å². The number of rotatable bonds is 33. The molecular formula is C45H70O5. The van der Waals surface area contributed by atoms with Crippen molar-refractivity contribution in [1.82, 2.24) is 0 Å². The molecule has 5 heteroatoms. The number of aliphatic hydroxyl groups is 1. The molecule has 0 bridgehead atoms. The summed E-state index contributed by atoms with van der Waals surface area (Å²) < 4.78 is 10.2. The molecule has 280 valence electrons. The molecule has 0 spiro atoms. The molecule has 0 saturated heterocycles. The average molecular weight is 691 g/mol. The largest absolute Gasteiger partial charge is 0.463 e. The maximum atomic E-state index is 12.0. The van der Waals surface area contributed by atoms with Gasteiger partial charge >= 0.3 is 11.9 Å². The Bertz CT molecular complexity index is 1050. The SMILES string of the molecule is CC/C=C\C/C=C\C/C=C\C/C=C\C/C=C\C/C=C\CCC(=O)OC[C@H](O)COC(=O)CCCCCC/C=C\C/C=C\C/C=C\CCCCC. The van der Waals surface area contributed by atoms with E-state index in [-0.39, 0.29) is 31.6 Å². The lowest BCUT2D eigenvalue weighted by atomic mass is 10.1. The van der Waals surface area contributed by atoms with Crippen molar-refractivity contribution in [3.8, 4) is 0 Å². The van der Waals surface area contributed by atoms with Crippen molar-refractivity contribution in [3.63, 3.8) is 0 Å². The number of hydrogen-bond donors (Lipinski definition) is 1. The highest BCUT2D eigenvalue weighted by Crippen LogP contribution is 2.08. The number of allylic oxidation sites excluding steroid dienone is 18. The Morgan fingerprint density at radius 3 is 1.24 bits per heavy atom. The van der Waals surface area contributed by atoms with Gasteiger partial charge in [-0.05, 0) is 89.9 Å². The molecule has 1 N–H and O–H groups in total. The van der Waals surface area contributed by atoms with Gasteiger partial charge in [-0.2, -0.15) is 0 Å². The van der Waals surface area contributed by atoms with E-state index in [2.05, 4.69) is 111 Å². The molecule has 1 atom stereocenters. The molecule has 0 amide bonds. The van der Waals surface area contributed by atoms with Crippen molar-refractivity contribution in [3.05, 3.63) is 109 Å². The lowest BCUT2D eigenvalue weighted by Gasteiger charge is -2.12. The molecule has 0 aromatic carbocycles. The van der Waals surface area contributed by atoms with Crippen molar-refractivity contribution < 1.29 is 24.2 Å². The molecule has 0 radical (unpaired) electrons. The second kappa shape index (κ2) is 40.0. The zero-order valence-corrected chi connectivity index (χ0v) is 31.6. The minimum atomic E-state index is -1.01. The molecule has 0 aliphatic heterocycles. The highest BCUT2D eigenvalue weighted by molar-refractivity contribution is 5.70. The van der Waals surface area contributed by atoms with E-state index >= 15 is 0 Å². The predicted molar refractivity (Wildman–Crippen MR) is 214 cm³/mol. The molecule has 0 saturated carbocycles. The molecule has 0 fully saturated rings. The van der Waals surface area contributed by atoms with Gasteiger partial charge in [0.2, 0.25) is 0 Å². The molecule has 0 aromatic heterocycles. The van der Waals surface area contributed by atoms with Gasteiger partial charge in [-0.1, -0.05) is 149 Å². The number of ether oxygens (including phenoxy) is 2. The van der Waals surface area contributed by atoms with Crippen molar-refractivity contribution in [1.29, 1.82) is 0 Å². The summed E-state index contributed by atoms with van der Waals surface area (Å²) >= 11 is 0. The van der Waals surface area contributed by atoms with E-state index in [1.165, 1.54) is 25.7 Å². The van der Waals surface area contributed by atoms with Crippen LogP contribution < -0.4 is 0 Å². The third-order valence-corrected chi connectivity index (χ3v) is 7.51. The third kappa shape index (κ3) is 39.0. The standard InChI is InChI=1S/C45H70O5/c1-3-5-7-9-11-13-15-17-19-21-22-24-26-28-30-32-34-36-38-40-45(48)50-42-43(46)41-49-44(47)39-37-35-33-31-29-27-25-23-20-18-16-14-12-10-8-6-4-2/h5,7,11-14,17-20,22,24-25,27-28,30,34,36,43,46H,3-4,6,8-10,15-16,21,23,26,29,31-33,35,37-42H2,1-2H3/b7-5-,13-11-,14-12-,19-17-,20-18-,24-22-,27-25-,30-28-,36-34-/t43-/m1/s1. The van der Waals surface area contributed by atoms with Crippen LogP contribution in [0.5, 0.6) is 0 Å². The first-order valence-corrected chi connectivity index (χ1v) is 19.4. The van der Waals surface area contributed by atoms with E-state index in [0.29, 0.717) is 12.8 Å². The van der Waals surface area contributed by atoms with Gasteiger partial charge in [0.05, 0.1) is 0 Å². The van der Waals surface area contributed by atoms with Crippen LogP contribution in [0.4, 0.5) is 0 Å². The summed E-state index contributed by atoms with van der Waals surface area (Å²) in [5.74, 6) is -0.697. The van der Waals surface area contributed by atoms with Gasteiger partial charge in [0.1, 0.15) is 19.3 Å². The second-order valence-corrected chi connectivity index (χ2v) is 12.3. The summed E-state index contributed by atoms with van der Waals surface area (Å²) in [6.07, 6.45) is 57.2. The van der Waals surface area contributed by atoms with Crippen LogP contribution in [0.3, 0.4) is 0 Å². The maximum absolute atomic E-state index is 12.0. The minimum Gasteiger partial charge on any atom is -0.463 e. The molecule has 0 unspecified atom stereocenters. The van der Waals surface area contributed by atoms with Crippen LogP contribution in [0.1, 0.15) is 142 Å². The maximum Gasteiger partial charge on any atom is 0.306 e. The van der Waals surface area contributed by atoms with E-state index in [9.17, 15) is 14.7 Å². The summed E-state index contributed by atoms with van der Waals surface area (Å²) in [6.45, 7) is 4.05. The van der Waals surface area contributed by atoms with Gasteiger partial charge in [-0.25, -0.2) is 0 Å². The monoisotopic (exact) mass is 691 g/mol. The molecule has 5 nitrogen and oxygen atoms in total. The van der Waals surface area contributed by atoms with Crippen LogP contribution in [-0.2, 0) is 19.1 Å². The molecule has 0 rings (SSSR count). The van der Waals surface area contributed by atoms with Crippen molar-refractivity contribution in [2.45, 2.75) is 148 Å². The number of carbonyl (C=O) groups excluding carboxylic acids is 2. The van der Waals surface area contributed by atoms with Gasteiger partial charge in [-0.15, -0.1) is 0 Å². The van der Waals surface area contributed by atoms with E-state index in [1.807, 2.05) is 12.2 Å². The van der Waals surface area contributed by atoms with Crippen molar-refractivity contribution in [2.75, 3.05) is 13.2 Å². The summed E-state index contributed by atoms with van der Waals surface area (Å²) in [6, 6.07) is 0. The molecule has 0 aromatic rings. The van der Waals surface area contributed by atoms with E-state index < -0.39 is 6.10 Å². The quantitative estimate of drug-likeness (QED) is 0.0421. The molecule has 0 heterocycles. The summed E-state index contributed by atoms with van der Waals surface area (Å²) in [5, 5.41) is 10.00. The van der Waals surface area contributed by atoms with Crippen LogP contribution in [0.15, 0.2) is 109 Å². The normalized spacial score (nSPS) is 13.4. The highest BCUT2D eigenvalue weighted by Gasteiger charge is 2.11. The zero-order valence-electron chi connectivity index (χ0n) is 31.6. The van der Waals surface area contributed by atoms with E-state index in [4.69, 9.17) is 9.47 Å². The van der Waals surface area contributed by atoms with Gasteiger partial charge in [0.25, 0.3) is 0 Å². The summed E-state index contributed by atoms with van der Waals surface area (Å²) in [5.41, 5.74) is 0. The lowest BCUT2D eigenvalue weighted by Crippen LogP contribution is -2.25. The Kier molecular flexibility index (Phi) is 37.2. The van der Waals surface area contributed by atoms with E-state index in [0.717, 1.165) is 83.5 Å². The van der Waals surface area contributed by atoms with Gasteiger partial charge in [-0.3, -0.25) is 9.59 Å². The molecular weight excluding hydrogens is 620 g/mol. The predicted octanol–water partition coefficient (Wildman–Crippen LogP) is 12.3. The Morgan fingerprint density at radius 1 is 0.440 bits per heavy atom. The van der Waals surface area contributed by atoms with E-state index in [1.54, 1.807) is 0 Å². The number of aliphatic hydroxyl groups excluding tert-OH is 1. The molecule has 0 aliphatic carbocycles. The fourth-order valence-electron chi connectivity index (χ4n) is 4.59. The van der Waals surface area contributed by atoms with Crippen molar-refractivity contribution >= 4 is 11.9 Å². The third-order valence-electron chi connectivity index (χ3n) is 7.51. The van der Waals surface area contributed by atoms with Crippen LogP contribution in [0.25, 0.3) is 0 Å². The number of unbranched alkanes of at least 4 members (excludes halogenated alkanes) is 7. The highest BCUT2D eigenvalue weighted by atomic mass is 16.6. The Balaban J connectivity index is 3.66. The van der Waals surface area contributed by atoms with Crippen LogP contribution >= 0.6 is 0 Å². The van der Waals surface area contributed by atoms with Crippen molar-refractivity contribution in [2.24, 2.45) is 0 Å². The molecule has 50 heavy (non-hydrogen) atoms. The zero-order chi connectivity index (χ0) is 36.4. The number of esters is 2. The van der Waals surface area contributed by atoms with Crippen LogP contribution in [-0.4, -0.2) is 36.4 Å².